The Hall–Kier alpha value is -2.32. The number of carbonyl (C=O) groups is 2. The van der Waals surface area contributed by atoms with E-state index in [-0.39, 0.29) is 12.3 Å². The number of anilines is 1. The van der Waals surface area contributed by atoms with Crippen molar-refractivity contribution >= 4 is 17.6 Å². The smallest absolute Gasteiger partial charge is 0.326 e. The third kappa shape index (κ3) is 2.06. The summed E-state index contributed by atoms with van der Waals surface area (Å²) in [5.74, 6) is 2.05. The van der Waals surface area contributed by atoms with Gasteiger partial charge in [-0.1, -0.05) is 12.1 Å². The van der Waals surface area contributed by atoms with Crippen LogP contribution in [-0.4, -0.2) is 18.0 Å². The second kappa shape index (κ2) is 4.90. The molecule has 2 rings (SSSR count). The molecule has 1 aliphatic heterocycles. The molecule has 1 aromatic rings. The van der Waals surface area contributed by atoms with Gasteiger partial charge in [0.2, 0.25) is 0 Å². The van der Waals surface area contributed by atoms with Crippen LogP contribution in [0.4, 0.5) is 10.5 Å². The summed E-state index contributed by atoms with van der Waals surface area (Å²) in [6.07, 6.45) is 5.35. The van der Waals surface area contributed by atoms with Gasteiger partial charge in [0.15, 0.2) is 0 Å². The summed E-state index contributed by atoms with van der Waals surface area (Å²) in [4.78, 5) is 24.9. The van der Waals surface area contributed by atoms with Gasteiger partial charge in [-0.25, -0.2) is 9.69 Å². The summed E-state index contributed by atoms with van der Waals surface area (Å²) in [5, 5.41) is 2.55. The van der Waals surface area contributed by atoms with E-state index >= 15 is 0 Å². The van der Waals surface area contributed by atoms with Gasteiger partial charge in [-0.3, -0.25) is 4.79 Å². The number of nitrogens with two attached hydrogens (primary N) is 1. The highest BCUT2D eigenvalue weighted by atomic mass is 16.2. The maximum Gasteiger partial charge on any atom is 0.329 e. The zero-order valence-electron chi connectivity index (χ0n) is 9.72. The van der Waals surface area contributed by atoms with Crippen LogP contribution in [0.5, 0.6) is 0 Å². The van der Waals surface area contributed by atoms with Crippen molar-refractivity contribution in [1.82, 2.24) is 5.32 Å². The minimum absolute atomic E-state index is 0.192. The van der Waals surface area contributed by atoms with E-state index in [4.69, 9.17) is 12.2 Å². The maximum atomic E-state index is 12.0. The molecule has 3 N–H and O–H groups in total. The van der Waals surface area contributed by atoms with Crippen LogP contribution in [0.15, 0.2) is 24.3 Å². The Balaban J connectivity index is 2.30. The van der Waals surface area contributed by atoms with Crippen LogP contribution in [0.2, 0.25) is 0 Å². The second-order valence-corrected chi connectivity index (χ2v) is 3.96. The van der Waals surface area contributed by atoms with Crippen molar-refractivity contribution < 1.29 is 9.59 Å². The van der Waals surface area contributed by atoms with Crippen LogP contribution >= 0.6 is 0 Å². The van der Waals surface area contributed by atoms with Gasteiger partial charge in [-0.2, -0.15) is 0 Å². The molecule has 1 fully saturated rings. The fraction of sp³-hybridized carbons (Fsp3) is 0.231. The van der Waals surface area contributed by atoms with Crippen molar-refractivity contribution in [3.05, 3.63) is 29.8 Å². The van der Waals surface area contributed by atoms with E-state index in [1.165, 1.54) is 0 Å². The molecule has 0 saturated carbocycles. The minimum atomic E-state index is -0.635. The fourth-order valence-corrected chi connectivity index (χ4v) is 1.85. The summed E-state index contributed by atoms with van der Waals surface area (Å²) in [5.41, 5.74) is 6.90. The van der Waals surface area contributed by atoms with Crippen LogP contribution in [0, 0.1) is 12.3 Å². The first kappa shape index (κ1) is 12.1. The van der Waals surface area contributed by atoms with Crippen molar-refractivity contribution in [2.75, 3.05) is 4.90 Å². The zero-order valence-corrected chi connectivity index (χ0v) is 9.72. The number of carbonyl (C=O) groups excluding carboxylic acids is 2. The van der Waals surface area contributed by atoms with E-state index in [1.54, 1.807) is 18.2 Å². The number of benzene rings is 1. The van der Waals surface area contributed by atoms with Crippen molar-refractivity contribution in [3.63, 3.8) is 0 Å². The molecule has 0 aliphatic carbocycles. The lowest BCUT2D eigenvalue weighted by Gasteiger charge is -2.13. The summed E-state index contributed by atoms with van der Waals surface area (Å²) in [7, 11) is 0. The standard InChI is InChI=1S/C13H13N3O2/c1-2-4-11-12(17)16(13(18)15-11)10-6-3-5-9(7-10)8-14/h1,3,5-7,11H,4,8,14H2,(H,15,18). The predicted octanol–water partition coefficient (Wildman–Crippen LogP) is 0.593. The number of nitrogens with zero attached hydrogens (tertiary/aromatic N) is 1. The van der Waals surface area contributed by atoms with E-state index in [9.17, 15) is 9.59 Å². The molecule has 0 radical (unpaired) electrons. The number of urea groups is 1. The quantitative estimate of drug-likeness (QED) is 0.602. The normalized spacial score (nSPS) is 18.7. The van der Waals surface area contributed by atoms with Crippen LogP contribution < -0.4 is 16.0 Å². The van der Waals surface area contributed by atoms with Crippen LogP contribution in [0.1, 0.15) is 12.0 Å². The van der Waals surface area contributed by atoms with Gasteiger partial charge in [0.25, 0.3) is 5.91 Å². The van der Waals surface area contributed by atoms with E-state index in [0.29, 0.717) is 12.2 Å². The molecular weight excluding hydrogens is 230 g/mol. The molecule has 5 heteroatoms. The first-order chi connectivity index (χ1) is 8.67. The number of terminal acetylenes is 1. The summed E-state index contributed by atoms with van der Waals surface area (Å²) >= 11 is 0. The lowest BCUT2D eigenvalue weighted by molar-refractivity contribution is -0.118. The lowest BCUT2D eigenvalue weighted by atomic mass is 10.1. The molecule has 0 bridgehead atoms. The van der Waals surface area contributed by atoms with Gasteiger partial charge < -0.3 is 11.1 Å². The SMILES string of the molecule is C#CCC1NC(=O)N(c2cccc(CN)c2)C1=O. The maximum absolute atomic E-state index is 12.0. The fourth-order valence-electron chi connectivity index (χ4n) is 1.85. The Morgan fingerprint density at radius 1 is 1.44 bits per heavy atom. The molecule has 3 amide bonds. The van der Waals surface area contributed by atoms with Gasteiger partial charge in [0, 0.05) is 13.0 Å². The molecule has 1 atom stereocenters. The monoisotopic (exact) mass is 243 g/mol. The highest BCUT2D eigenvalue weighted by Crippen LogP contribution is 2.21. The number of imide groups is 1. The zero-order chi connectivity index (χ0) is 13.1. The molecule has 0 spiro atoms. The van der Waals surface area contributed by atoms with Gasteiger partial charge in [0.1, 0.15) is 6.04 Å². The van der Waals surface area contributed by atoms with Crippen molar-refractivity contribution in [1.29, 1.82) is 0 Å². The Morgan fingerprint density at radius 3 is 2.89 bits per heavy atom. The third-order valence-corrected chi connectivity index (χ3v) is 2.75. The predicted molar refractivity (Wildman–Crippen MR) is 67.6 cm³/mol. The van der Waals surface area contributed by atoms with E-state index in [1.807, 2.05) is 6.07 Å². The molecule has 1 aromatic carbocycles. The van der Waals surface area contributed by atoms with Crippen LogP contribution in [-0.2, 0) is 11.3 Å². The highest BCUT2D eigenvalue weighted by Gasteiger charge is 2.38. The molecule has 1 unspecified atom stereocenters. The largest absolute Gasteiger partial charge is 0.329 e. The molecule has 1 saturated heterocycles. The van der Waals surface area contributed by atoms with Gasteiger partial charge in [-0.05, 0) is 17.7 Å². The summed E-state index contributed by atoms with van der Waals surface area (Å²) in [6.45, 7) is 0.352. The number of amides is 3. The van der Waals surface area contributed by atoms with E-state index in [2.05, 4.69) is 11.2 Å². The topological polar surface area (TPSA) is 75.4 Å². The molecule has 0 aromatic heterocycles. The molecule has 92 valence electrons. The van der Waals surface area contributed by atoms with Gasteiger partial charge in [-0.15, -0.1) is 12.3 Å². The van der Waals surface area contributed by atoms with Crippen molar-refractivity contribution in [3.8, 4) is 12.3 Å². The lowest BCUT2D eigenvalue weighted by Crippen LogP contribution is -2.31. The van der Waals surface area contributed by atoms with Crippen molar-refractivity contribution in [2.24, 2.45) is 5.73 Å². The number of rotatable bonds is 3. The van der Waals surface area contributed by atoms with Crippen LogP contribution in [0.3, 0.4) is 0 Å². The van der Waals surface area contributed by atoms with E-state index in [0.717, 1.165) is 10.5 Å². The number of nitrogens with one attached hydrogen (secondary N) is 1. The number of hydrogen-bond donors (Lipinski definition) is 2. The summed E-state index contributed by atoms with van der Waals surface area (Å²) < 4.78 is 0. The minimum Gasteiger partial charge on any atom is -0.326 e. The molecule has 1 aliphatic rings. The number of hydrogen-bond acceptors (Lipinski definition) is 3. The van der Waals surface area contributed by atoms with Crippen molar-refractivity contribution in [2.45, 2.75) is 19.0 Å². The third-order valence-electron chi connectivity index (χ3n) is 2.75. The first-order valence-corrected chi connectivity index (χ1v) is 5.54. The summed E-state index contributed by atoms with van der Waals surface area (Å²) in [6, 6.07) is 5.91. The average molecular weight is 243 g/mol. The Kier molecular flexibility index (Phi) is 3.31. The first-order valence-electron chi connectivity index (χ1n) is 5.54. The molecule has 1 heterocycles. The van der Waals surface area contributed by atoms with E-state index < -0.39 is 12.1 Å². The highest BCUT2D eigenvalue weighted by molar-refractivity contribution is 6.21. The average Bonchev–Trinajstić information content (AvgIpc) is 2.65. The molecule has 5 nitrogen and oxygen atoms in total. The molecular formula is C13H13N3O2. The van der Waals surface area contributed by atoms with Gasteiger partial charge in [0.05, 0.1) is 5.69 Å². The van der Waals surface area contributed by atoms with Crippen LogP contribution in [0.25, 0.3) is 0 Å². The Morgan fingerprint density at radius 2 is 2.22 bits per heavy atom. The Bertz CT molecular complexity index is 533. The second-order valence-electron chi connectivity index (χ2n) is 3.96. The molecule has 18 heavy (non-hydrogen) atoms. The van der Waals surface area contributed by atoms with Gasteiger partial charge >= 0.3 is 6.03 Å². The Labute approximate surface area is 105 Å².